The normalized spacial score (nSPS) is 11.7. The van der Waals surface area contributed by atoms with Crippen molar-refractivity contribution >= 4 is 0 Å². The van der Waals surface area contributed by atoms with Crippen LogP contribution in [0.25, 0.3) is 0 Å². The Balaban J connectivity index is 1.91. The highest BCUT2D eigenvalue weighted by Gasteiger charge is 2.12. The van der Waals surface area contributed by atoms with Gasteiger partial charge in [0.2, 0.25) is 0 Å². The third kappa shape index (κ3) is 4.44. The van der Waals surface area contributed by atoms with Gasteiger partial charge in [0.15, 0.2) is 0 Å². The zero-order valence-electron chi connectivity index (χ0n) is 13.9. The molecular formula is C20H26O. The number of hydrogen-bond acceptors (Lipinski definition) is 1. The summed E-state index contributed by atoms with van der Waals surface area (Å²) >= 11 is 0. The summed E-state index contributed by atoms with van der Waals surface area (Å²) in [4.78, 5) is 0. The van der Waals surface area contributed by atoms with Gasteiger partial charge in [-0.1, -0.05) is 68.8 Å². The molecule has 0 saturated heterocycles. The summed E-state index contributed by atoms with van der Waals surface area (Å²) in [6, 6.07) is 15.3. The van der Waals surface area contributed by atoms with E-state index in [1.54, 1.807) is 0 Å². The van der Waals surface area contributed by atoms with Gasteiger partial charge in [-0.15, -0.1) is 0 Å². The Bertz CT molecular complexity index is 588. The molecule has 2 rings (SSSR count). The third-order valence-electron chi connectivity index (χ3n) is 3.84. The van der Waals surface area contributed by atoms with E-state index >= 15 is 0 Å². The molecule has 2 aromatic carbocycles. The molecule has 1 nitrogen and oxygen atoms in total. The van der Waals surface area contributed by atoms with E-state index < -0.39 is 0 Å². The second-order valence-electron chi connectivity index (χ2n) is 6.87. The minimum absolute atomic E-state index is 0.207. The van der Waals surface area contributed by atoms with Crippen molar-refractivity contribution in [2.24, 2.45) is 0 Å². The molecule has 0 fully saturated rings. The zero-order chi connectivity index (χ0) is 15.5. The van der Waals surface area contributed by atoms with Crippen molar-refractivity contribution in [3.63, 3.8) is 0 Å². The summed E-state index contributed by atoms with van der Waals surface area (Å²) in [5, 5.41) is 0. The van der Waals surface area contributed by atoms with Gasteiger partial charge in [-0.2, -0.15) is 0 Å². The van der Waals surface area contributed by atoms with E-state index in [4.69, 9.17) is 4.74 Å². The predicted octanol–water partition coefficient (Wildman–Crippen LogP) is 5.32. The lowest BCUT2D eigenvalue weighted by atomic mass is 9.87. The Morgan fingerprint density at radius 3 is 2.10 bits per heavy atom. The molecule has 2 aromatic rings. The maximum absolute atomic E-state index is 5.85. The Kier molecular flexibility index (Phi) is 4.84. The summed E-state index contributed by atoms with van der Waals surface area (Å²) in [5.74, 6) is 0. The fourth-order valence-electron chi connectivity index (χ4n) is 2.39. The molecule has 0 heterocycles. The molecule has 0 N–H and O–H groups in total. The molecule has 0 spiro atoms. The summed E-state index contributed by atoms with van der Waals surface area (Å²) in [6.07, 6.45) is 0. The minimum atomic E-state index is 0.207. The van der Waals surface area contributed by atoms with E-state index in [1.165, 1.54) is 27.8 Å². The largest absolute Gasteiger partial charge is 0.372 e. The predicted molar refractivity (Wildman–Crippen MR) is 89.6 cm³/mol. The van der Waals surface area contributed by atoms with Crippen LogP contribution >= 0.6 is 0 Å². The molecule has 0 bridgehead atoms. The van der Waals surface area contributed by atoms with Crippen LogP contribution in [0.3, 0.4) is 0 Å². The van der Waals surface area contributed by atoms with E-state index in [2.05, 4.69) is 77.1 Å². The van der Waals surface area contributed by atoms with Crippen LogP contribution in [0, 0.1) is 13.8 Å². The lowest BCUT2D eigenvalue weighted by molar-refractivity contribution is 0.107. The zero-order valence-corrected chi connectivity index (χ0v) is 13.9. The Hall–Kier alpha value is -1.60. The molecule has 0 atom stereocenters. The van der Waals surface area contributed by atoms with Gasteiger partial charge < -0.3 is 4.74 Å². The molecule has 0 saturated carbocycles. The molecule has 0 unspecified atom stereocenters. The van der Waals surface area contributed by atoms with Crippen molar-refractivity contribution in [1.82, 2.24) is 0 Å². The van der Waals surface area contributed by atoms with Crippen LogP contribution in [0.1, 0.15) is 48.6 Å². The maximum atomic E-state index is 5.85. The maximum Gasteiger partial charge on any atom is 0.0724 e. The molecule has 0 radical (unpaired) electrons. The second kappa shape index (κ2) is 6.44. The number of hydrogen-bond donors (Lipinski definition) is 0. The van der Waals surface area contributed by atoms with Crippen molar-refractivity contribution in [2.75, 3.05) is 0 Å². The fraction of sp³-hybridized carbons (Fsp3) is 0.400. The van der Waals surface area contributed by atoms with Crippen molar-refractivity contribution in [2.45, 2.75) is 53.2 Å². The fourth-order valence-corrected chi connectivity index (χ4v) is 2.39. The van der Waals surface area contributed by atoms with E-state index in [9.17, 15) is 0 Å². The van der Waals surface area contributed by atoms with Gasteiger partial charge in [-0.25, -0.2) is 0 Å². The highest BCUT2D eigenvalue weighted by molar-refractivity contribution is 5.30. The Morgan fingerprint density at radius 2 is 1.52 bits per heavy atom. The minimum Gasteiger partial charge on any atom is -0.372 e. The number of rotatable bonds is 4. The second-order valence-corrected chi connectivity index (χ2v) is 6.87. The average molecular weight is 282 g/mol. The lowest BCUT2D eigenvalue weighted by Gasteiger charge is -2.19. The molecule has 21 heavy (non-hydrogen) atoms. The first-order valence-corrected chi connectivity index (χ1v) is 7.59. The van der Waals surface area contributed by atoms with Crippen LogP contribution in [-0.2, 0) is 23.4 Å². The molecule has 1 heteroatoms. The molecule has 0 aliphatic carbocycles. The van der Waals surface area contributed by atoms with Gasteiger partial charge in [-0.3, -0.25) is 0 Å². The standard InChI is InChI=1S/C20H26O/c1-15-6-9-18(16(2)12-15)14-21-13-17-7-10-19(11-8-17)20(3,4)5/h6-12H,13-14H2,1-5H3. The Labute approximate surface area is 129 Å². The molecule has 0 aliphatic heterocycles. The van der Waals surface area contributed by atoms with Gasteiger partial charge in [0.1, 0.15) is 0 Å². The summed E-state index contributed by atoms with van der Waals surface area (Å²) in [6.45, 7) is 12.3. The highest BCUT2D eigenvalue weighted by Crippen LogP contribution is 2.22. The van der Waals surface area contributed by atoms with Crippen molar-refractivity contribution in [1.29, 1.82) is 0 Å². The molecule has 0 amide bonds. The van der Waals surface area contributed by atoms with Crippen LogP contribution in [0.2, 0.25) is 0 Å². The topological polar surface area (TPSA) is 9.23 Å². The van der Waals surface area contributed by atoms with Gasteiger partial charge in [0, 0.05) is 0 Å². The highest BCUT2D eigenvalue weighted by atomic mass is 16.5. The van der Waals surface area contributed by atoms with Crippen LogP contribution in [0.4, 0.5) is 0 Å². The molecule has 0 aliphatic rings. The van der Waals surface area contributed by atoms with E-state index in [0.717, 1.165) is 0 Å². The number of benzene rings is 2. The van der Waals surface area contributed by atoms with E-state index in [1.807, 2.05) is 0 Å². The van der Waals surface area contributed by atoms with Crippen molar-refractivity contribution in [3.05, 3.63) is 70.3 Å². The summed E-state index contributed by atoms with van der Waals surface area (Å²) in [5.41, 5.74) is 6.67. The number of ether oxygens (including phenoxy) is 1. The van der Waals surface area contributed by atoms with E-state index in [-0.39, 0.29) is 5.41 Å². The van der Waals surface area contributed by atoms with Gasteiger partial charge >= 0.3 is 0 Å². The first kappa shape index (κ1) is 15.8. The van der Waals surface area contributed by atoms with Crippen LogP contribution in [0.5, 0.6) is 0 Å². The lowest BCUT2D eigenvalue weighted by Crippen LogP contribution is -2.10. The summed E-state index contributed by atoms with van der Waals surface area (Å²) in [7, 11) is 0. The number of aryl methyl sites for hydroxylation is 2. The van der Waals surface area contributed by atoms with Gasteiger partial charge in [0.25, 0.3) is 0 Å². The van der Waals surface area contributed by atoms with Crippen molar-refractivity contribution in [3.8, 4) is 0 Å². The third-order valence-corrected chi connectivity index (χ3v) is 3.84. The smallest absolute Gasteiger partial charge is 0.0724 e. The van der Waals surface area contributed by atoms with Gasteiger partial charge in [0.05, 0.1) is 13.2 Å². The molecular weight excluding hydrogens is 256 g/mol. The quantitative estimate of drug-likeness (QED) is 0.737. The van der Waals surface area contributed by atoms with E-state index in [0.29, 0.717) is 13.2 Å². The van der Waals surface area contributed by atoms with Gasteiger partial charge in [-0.05, 0) is 41.5 Å². The average Bonchev–Trinajstić information content (AvgIpc) is 2.41. The van der Waals surface area contributed by atoms with Crippen molar-refractivity contribution < 1.29 is 4.74 Å². The van der Waals surface area contributed by atoms with Crippen LogP contribution in [0.15, 0.2) is 42.5 Å². The monoisotopic (exact) mass is 282 g/mol. The van der Waals surface area contributed by atoms with Crippen LogP contribution in [-0.4, -0.2) is 0 Å². The SMILES string of the molecule is Cc1ccc(COCc2ccc(C(C)(C)C)cc2)c(C)c1. The van der Waals surface area contributed by atoms with Crippen LogP contribution < -0.4 is 0 Å². The molecule has 0 aromatic heterocycles. The Morgan fingerprint density at radius 1 is 0.857 bits per heavy atom. The first-order valence-electron chi connectivity index (χ1n) is 7.59. The summed E-state index contributed by atoms with van der Waals surface area (Å²) < 4.78 is 5.85. The first-order chi connectivity index (χ1) is 9.86. The molecule has 112 valence electrons.